The molecule has 1 aliphatic rings. The average molecular weight is 294 g/mol. The molecule has 1 heterocycles. The van der Waals surface area contributed by atoms with Gasteiger partial charge in [-0.05, 0) is 13.0 Å². The fourth-order valence-electron chi connectivity index (χ4n) is 2.08. The molecule has 1 N–H and O–H groups in total. The van der Waals surface area contributed by atoms with E-state index in [4.69, 9.17) is 9.94 Å². The number of hydrogen-bond acceptors (Lipinski definition) is 4. The Bertz CT molecular complexity index is 602. The van der Waals surface area contributed by atoms with Crippen LogP contribution in [0.25, 0.3) is 0 Å². The van der Waals surface area contributed by atoms with Gasteiger partial charge in [0.05, 0.1) is 6.04 Å². The van der Waals surface area contributed by atoms with Crippen LogP contribution in [0.3, 0.4) is 0 Å². The maximum absolute atomic E-state index is 13.7. The molecule has 1 aromatic rings. The van der Waals surface area contributed by atoms with Crippen LogP contribution in [-0.2, 0) is 14.4 Å². The van der Waals surface area contributed by atoms with Crippen molar-refractivity contribution in [2.75, 3.05) is 7.05 Å². The van der Waals surface area contributed by atoms with Gasteiger partial charge in [0.2, 0.25) is 6.10 Å². The number of benzene rings is 1. The Labute approximate surface area is 120 Å². The Morgan fingerprint density at radius 1 is 1.48 bits per heavy atom. The predicted molar refractivity (Wildman–Crippen MR) is 72.1 cm³/mol. The molecule has 21 heavy (non-hydrogen) atoms. The van der Waals surface area contributed by atoms with Crippen LogP contribution >= 0.6 is 0 Å². The van der Waals surface area contributed by atoms with Crippen LogP contribution in [0.1, 0.15) is 24.9 Å². The molecular formula is C14H15FN2O4. The molecule has 1 aromatic carbocycles. The molecule has 1 amide bonds. The molecular weight excluding hydrogens is 279 g/mol. The Morgan fingerprint density at radius 2 is 2.14 bits per heavy atom. The molecule has 0 radical (unpaired) electrons. The van der Waals surface area contributed by atoms with E-state index in [0.29, 0.717) is 5.56 Å². The van der Waals surface area contributed by atoms with Gasteiger partial charge in [-0.25, -0.2) is 9.18 Å². The molecule has 0 aliphatic carbocycles. The second-order valence-corrected chi connectivity index (χ2v) is 4.79. The van der Waals surface area contributed by atoms with Crippen LogP contribution < -0.4 is 0 Å². The molecule has 0 aromatic heterocycles. The highest BCUT2D eigenvalue weighted by atomic mass is 19.1. The first-order valence-corrected chi connectivity index (χ1v) is 6.39. The van der Waals surface area contributed by atoms with Gasteiger partial charge >= 0.3 is 5.97 Å². The standard InChI is InChI=1S/C14H15FN2O4/c1-8(9-5-3-4-6-10(9)15)17(2)13(18)12-7-11(14(19)20)16-21-12/h3-6,8,12H,7H2,1-2H3,(H,19,20). The third-order valence-corrected chi connectivity index (χ3v) is 3.48. The minimum absolute atomic E-state index is 0.0947. The van der Waals surface area contributed by atoms with Crippen molar-refractivity contribution >= 4 is 17.6 Å². The first-order chi connectivity index (χ1) is 9.91. The summed E-state index contributed by atoms with van der Waals surface area (Å²) in [5.74, 6) is -2.06. The number of carbonyl (C=O) groups is 2. The summed E-state index contributed by atoms with van der Waals surface area (Å²) in [5, 5.41) is 12.2. The van der Waals surface area contributed by atoms with Gasteiger partial charge in [-0.3, -0.25) is 4.79 Å². The molecule has 7 heteroatoms. The molecule has 0 saturated heterocycles. The number of aliphatic carboxylic acids is 1. The summed E-state index contributed by atoms with van der Waals surface area (Å²) < 4.78 is 13.7. The van der Waals surface area contributed by atoms with Crippen LogP contribution in [0.2, 0.25) is 0 Å². The number of carboxylic acid groups (broad SMARTS) is 1. The third-order valence-electron chi connectivity index (χ3n) is 3.48. The van der Waals surface area contributed by atoms with E-state index in [1.54, 1.807) is 25.1 Å². The molecule has 112 valence electrons. The fraction of sp³-hybridized carbons (Fsp3) is 0.357. The van der Waals surface area contributed by atoms with Gasteiger partial charge in [0.15, 0.2) is 5.71 Å². The second kappa shape index (κ2) is 5.90. The van der Waals surface area contributed by atoms with Gasteiger partial charge in [0.1, 0.15) is 5.82 Å². The van der Waals surface area contributed by atoms with Crippen molar-refractivity contribution in [2.45, 2.75) is 25.5 Å². The largest absolute Gasteiger partial charge is 0.477 e. The molecule has 2 atom stereocenters. The highest BCUT2D eigenvalue weighted by molar-refractivity contribution is 6.36. The summed E-state index contributed by atoms with van der Waals surface area (Å²) in [4.78, 5) is 29.2. The average Bonchev–Trinajstić information content (AvgIpc) is 2.95. The third kappa shape index (κ3) is 3.01. The van der Waals surface area contributed by atoms with Gasteiger partial charge in [0, 0.05) is 19.0 Å². The van der Waals surface area contributed by atoms with E-state index in [0.717, 1.165) is 0 Å². The normalized spacial score (nSPS) is 18.6. The van der Waals surface area contributed by atoms with E-state index in [-0.39, 0.29) is 12.1 Å². The maximum atomic E-state index is 13.7. The quantitative estimate of drug-likeness (QED) is 0.914. The highest BCUT2D eigenvalue weighted by Crippen LogP contribution is 2.24. The van der Waals surface area contributed by atoms with Crippen molar-refractivity contribution in [3.8, 4) is 0 Å². The lowest BCUT2D eigenvalue weighted by atomic mass is 10.1. The highest BCUT2D eigenvalue weighted by Gasteiger charge is 2.35. The van der Waals surface area contributed by atoms with Crippen molar-refractivity contribution in [3.05, 3.63) is 35.6 Å². The lowest BCUT2D eigenvalue weighted by Crippen LogP contribution is -2.38. The van der Waals surface area contributed by atoms with E-state index >= 15 is 0 Å². The van der Waals surface area contributed by atoms with Crippen molar-refractivity contribution in [3.63, 3.8) is 0 Å². The minimum atomic E-state index is -1.21. The second-order valence-electron chi connectivity index (χ2n) is 4.79. The molecule has 0 spiro atoms. The Balaban J connectivity index is 2.07. The zero-order valence-electron chi connectivity index (χ0n) is 11.6. The fourth-order valence-corrected chi connectivity index (χ4v) is 2.08. The first kappa shape index (κ1) is 15.0. The number of carbonyl (C=O) groups excluding carboxylic acids is 1. The molecule has 1 aliphatic heterocycles. The molecule has 0 fully saturated rings. The Hall–Kier alpha value is -2.44. The number of amides is 1. The number of halogens is 1. The van der Waals surface area contributed by atoms with E-state index in [2.05, 4.69) is 5.16 Å². The summed E-state index contributed by atoms with van der Waals surface area (Å²) in [6, 6.07) is 5.67. The topological polar surface area (TPSA) is 79.2 Å². The molecule has 0 bridgehead atoms. The molecule has 2 unspecified atom stereocenters. The van der Waals surface area contributed by atoms with Crippen LogP contribution in [0, 0.1) is 5.82 Å². The van der Waals surface area contributed by atoms with Crippen molar-refractivity contribution < 1.29 is 23.9 Å². The Kier molecular flexibility index (Phi) is 4.21. The molecule has 2 rings (SSSR count). The SMILES string of the molecule is CC(c1ccccc1F)N(C)C(=O)C1CC(C(=O)O)=NO1. The smallest absolute Gasteiger partial charge is 0.353 e. The maximum Gasteiger partial charge on any atom is 0.353 e. The van der Waals surface area contributed by atoms with Crippen LogP contribution in [0.15, 0.2) is 29.4 Å². The summed E-state index contributed by atoms with van der Waals surface area (Å²) in [6.45, 7) is 1.68. The predicted octanol–water partition coefficient (Wildman–Crippen LogP) is 1.57. The van der Waals surface area contributed by atoms with E-state index < -0.39 is 29.8 Å². The van der Waals surface area contributed by atoms with Crippen molar-refractivity contribution in [1.82, 2.24) is 4.90 Å². The first-order valence-electron chi connectivity index (χ1n) is 6.39. The van der Waals surface area contributed by atoms with Crippen LogP contribution in [0.4, 0.5) is 4.39 Å². The summed E-state index contributed by atoms with van der Waals surface area (Å²) >= 11 is 0. The number of likely N-dealkylation sites (N-methyl/N-ethyl adjacent to an activating group) is 1. The lowest BCUT2D eigenvalue weighted by molar-refractivity contribution is -0.142. The number of rotatable bonds is 4. The molecule has 0 saturated carbocycles. The van der Waals surface area contributed by atoms with E-state index in [9.17, 15) is 14.0 Å². The van der Waals surface area contributed by atoms with Gasteiger partial charge in [-0.1, -0.05) is 23.4 Å². The number of nitrogens with zero attached hydrogens (tertiary/aromatic N) is 2. The van der Waals surface area contributed by atoms with Crippen molar-refractivity contribution in [1.29, 1.82) is 0 Å². The zero-order chi connectivity index (χ0) is 15.6. The van der Waals surface area contributed by atoms with Gasteiger partial charge in [-0.2, -0.15) is 0 Å². The summed E-state index contributed by atoms with van der Waals surface area (Å²) in [5.41, 5.74) is 0.186. The van der Waals surface area contributed by atoms with Crippen LogP contribution in [-0.4, -0.2) is 40.7 Å². The van der Waals surface area contributed by atoms with E-state index in [1.165, 1.54) is 18.0 Å². The van der Waals surface area contributed by atoms with Crippen LogP contribution in [0.5, 0.6) is 0 Å². The monoisotopic (exact) mass is 294 g/mol. The van der Waals surface area contributed by atoms with Gasteiger partial charge in [-0.15, -0.1) is 0 Å². The zero-order valence-corrected chi connectivity index (χ0v) is 11.6. The lowest BCUT2D eigenvalue weighted by Gasteiger charge is -2.27. The van der Waals surface area contributed by atoms with Crippen molar-refractivity contribution in [2.24, 2.45) is 5.16 Å². The number of oxime groups is 1. The molecule has 6 nitrogen and oxygen atoms in total. The number of carboxylic acids is 1. The number of hydrogen-bond donors (Lipinski definition) is 1. The minimum Gasteiger partial charge on any atom is -0.477 e. The Morgan fingerprint density at radius 3 is 2.71 bits per heavy atom. The summed E-state index contributed by atoms with van der Waals surface area (Å²) in [6.07, 6.45) is -1.07. The summed E-state index contributed by atoms with van der Waals surface area (Å²) in [7, 11) is 1.52. The van der Waals surface area contributed by atoms with Gasteiger partial charge < -0.3 is 14.8 Å². The van der Waals surface area contributed by atoms with E-state index in [1.807, 2.05) is 0 Å². The van der Waals surface area contributed by atoms with Gasteiger partial charge in [0.25, 0.3) is 5.91 Å².